The summed E-state index contributed by atoms with van der Waals surface area (Å²) in [4.78, 5) is 5.52. The minimum Gasteiger partial charge on any atom is -0.383 e. The number of rotatable bonds is 7. The molecule has 2 aromatic carbocycles. The van der Waals surface area contributed by atoms with Gasteiger partial charge < -0.3 is 15.3 Å². The highest BCUT2D eigenvalue weighted by Gasteiger charge is 2.26. The van der Waals surface area contributed by atoms with Crippen molar-refractivity contribution in [2.75, 3.05) is 42.9 Å². The van der Waals surface area contributed by atoms with Gasteiger partial charge in [-0.2, -0.15) is 0 Å². The Kier molecular flexibility index (Phi) is 7.33. The largest absolute Gasteiger partial charge is 0.383 e. The van der Waals surface area contributed by atoms with Gasteiger partial charge in [0.2, 0.25) is 0 Å². The second-order valence-corrected chi connectivity index (χ2v) is 9.59. The van der Waals surface area contributed by atoms with Gasteiger partial charge in [-0.15, -0.1) is 11.3 Å². The number of nitrogens with one attached hydrogen (secondary N) is 1. The lowest BCUT2D eigenvalue weighted by molar-refractivity contribution is 0.000656. The van der Waals surface area contributed by atoms with Crippen molar-refractivity contribution < 1.29 is 5.11 Å². The number of halogens is 2. The summed E-state index contributed by atoms with van der Waals surface area (Å²) in [6.45, 7) is 4.28. The number of piperazine rings is 1. The van der Waals surface area contributed by atoms with Crippen LogP contribution >= 0.6 is 38.9 Å². The summed E-state index contributed by atoms with van der Waals surface area (Å²) < 4.78 is 0.984. The second kappa shape index (κ2) is 10.2. The number of benzene rings is 2. The molecule has 1 saturated heterocycles. The predicted octanol–water partition coefficient (Wildman–Crippen LogP) is 5.63. The molecule has 3 aromatic rings. The molecule has 0 amide bonds. The van der Waals surface area contributed by atoms with Gasteiger partial charge in [0.15, 0.2) is 0 Å². The fraction of sp³-hybridized carbons (Fsp3) is 0.304. The molecule has 1 aromatic heterocycles. The molecule has 1 aliphatic rings. The van der Waals surface area contributed by atoms with E-state index in [1.54, 1.807) is 11.3 Å². The van der Waals surface area contributed by atoms with E-state index in [-0.39, 0.29) is 0 Å². The van der Waals surface area contributed by atoms with Gasteiger partial charge in [0.25, 0.3) is 0 Å². The number of hydrogen-bond donors (Lipinski definition) is 2. The molecule has 0 aliphatic carbocycles. The van der Waals surface area contributed by atoms with E-state index in [9.17, 15) is 5.11 Å². The fourth-order valence-corrected chi connectivity index (χ4v) is 5.47. The standard InChI is InChI=1S/C23H25BrClN3OS/c24-19-10-16-30-22(19)23(29)28-14-12-27(13-15-28)21-4-2-1-3-20(21)26-11-9-17-5-7-18(25)8-6-17/h1-8,10,16,23,26,29H,9,11-15H2. The molecule has 2 N–H and O–H groups in total. The maximum atomic E-state index is 10.7. The smallest absolute Gasteiger partial charge is 0.144 e. The molecule has 2 heterocycles. The average Bonchev–Trinajstić information content (AvgIpc) is 3.21. The quantitative estimate of drug-likeness (QED) is 0.435. The third-order valence-electron chi connectivity index (χ3n) is 5.43. The molecular weight excluding hydrogens is 482 g/mol. The highest BCUT2D eigenvalue weighted by atomic mass is 79.9. The predicted molar refractivity (Wildman–Crippen MR) is 131 cm³/mol. The van der Waals surface area contributed by atoms with Crippen LogP contribution in [-0.4, -0.2) is 42.7 Å². The first-order chi connectivity index (χ1) is 14.6. The van der Waals surface area contributed by atoms with Crippen molar-refractivity contribution in [3.63, 3.8) is 0 Å². The Bertz CT molecular complexity index is 957. The molecule has 0 saturated carbocycles. The third-order valence-corrected chi connectivity index (χ3v) is 7.59. The van der Waals surface area contributed by atoms with Gasteiger partial charge >= 0.3 is 0 Å². The lowest BCUT2D eigenvalue weighted by Crippen LogP contribution is -2.47. The molecule has 0 radical (unpaired) electrons. The fourth-order valence-electron chi connectivity index (χ4n) is 3.75. The zero-order chi connectivity index (χ0) is 20.9. The maximum Gasteiger partial charge on any atom is 0.144 e. The van der Waals surface area contributed by atoms with E-state index in [4.69, 9.17) is 11.6 Å². The third kappa shape index (κ3) is 5.18. The second-order valence-electron chi connectivity index (χ2n) is 7.35. The lowest BCUT2D eigenvalue weighted by Gasteiger charge is -2.38. The van der Waals surface area contributed by atoms with Crippen LogP contribution in [-0.2, 0) is 6.42 Å². The highest BCUT2D eigenvalue weighted by Crippen LogP contribution is 2.33. The lowest BCUT2D eigenvalue weighted by atomic mass is 10.1. The normalized spacial score (nSPS) is 15.9. The summed E-state index contributed by atoms with van der Waals surface area (Å²) in [5.41, 5.74) is 3.65. The molecule has 7 heteroatoms. The maximum absolute atomic E-state index is 10.7. The molecule has 1 aliphatic heterocycles. The number of para-hydroxylation sites is 2. The Labute approximate surface area is 195 Å². The number of aliphatic hydroxyl groups excluding tert-OH is 1. The number of aliphatic hydroxyl groups is 1. The van der Waals surface area contributed by atoms with Crippen molar-refractivity contribution in [1.29, 1.82) is 0 Å². The first kappa shape index (κ1) is 21.7. The Morgan fingerprint density at radius 1 is 1.03 bits per heavy atom. The molecule has 0 spiro atoms. The van der Waals surface area contributed by atoms with E-state index in [1.807, 2.05) is 23.6 Å². The van der Waals surface area contributed by atoms with Crippen LogP contribution in [0.15, 0.2) is 64.5 Å². The van der Waals surface area contributed by atoms with E-state index < -0.39 is 6.23 Å². The number of anilines is 2. The van der Waals surface area contributed by atoms with Crippen LogP contribution in [0.3, 0.4) is 0 Å². The SMILES string of the molecule is OC(c1sccc1Br)N1CCN(c2ccccc2NCCc2ccc(Cl)cc2)CC1. The first-order valence-corrected chi connectivity index (χ1v) is 12.1. The highest BCUT2D eigenvalue weighted by molar-refractivity contribution is 9.10. The summed E-state index contributed by atoms with van der Waals surface area (Å²) in [5, 5.41) is 17.1. The van der Waals surface area contributed by atoms with Gasteiger partial charge in [-0.1, -0.05) is 35.9 Å². The first-order valence-electron chi connectivity index (χ1n) is 10.1. The van der Waals surface area contributed by atoms with Crippen LogP contribution in [0.5, 0.6) is 0 Å². The van der Waals surface area contributed by atoms with Crippen LogP contribution in [0.25, 0.3) is 0 Å². The molecular formula is C23H25BrClN3OS. The topological polar surface area (TPSA) is 38.7 Å². The summed E-state index contributed by atoms with van der Waals surface area (Å²) in [7, 11) is 0. The van der Waals surface area contributed by atoms with Gasteiger partial charge in [-0.3, -0.25) is 4.90 Å². The van der Waals surface area contributed by atoms with Gasteiger partial charge in [0.05, 0.1) is 16.3 Å². The van der Waals surface area contributed by atoms with E-state index in [0.717, 1.165) is 59.2 Å². The zero-order valence-electron chi connectivity index (χ0n) is 16.6. The van der Waals surface area contributed by atoms with Crippen LogP contribution in [0.2, 0.25) is 5.02 Å². The summed E-state index contributed by atoms with van der Waals surface area (Å²) in [6, 6.07) is 18.5. The van der Waals surface area contributed by atoms with E-state index in [2.05, 4.69) is 67.4 Å². The van der Waals surface area contributed by atoms with Crippen LogP contribution < -0.4 is 10.2 Å². The van der Waals surface area contributed by atoms with Crippen LogP contribution in [0, 0.1) is 0 Å². The van der Waals surface area contributed by atoms with E-state index >= 15 is 0 Å². The molecule has 1 unspecified atom stereocenters. The molecule has 4 rings (SSSR count). The summed E-state index contributed by atoms with van der Waals surface area (Å²) >= 11 is 11.1. The number of hydrogen-bond acceptors (Lipinski definition) is 5. The number of thiophene rings is 1. The Balaban J connectivity index is 1.35. The Morgan fingerprint density at radius 3 is 2.47 bits per heavy atom. The van der Waals surface area contributed by atoms with Gasteiger partial charge in [0.1, 0.15) is 6.23 Å². The Morgan fingerprint density at radius 2 is 1.77 bits per heavy atom. The molecule has 30 heavy (non-hydrogen) atoms. The monoisotopic (exact) mass is 505 g/mol. The summed E-state index contributed by atoms with van der Waals surface area (Å²) in [6.07, 6.45) is 0.399. The van der Waals surface area contributed by atoms with Crippen molar-refractivity contribution in [3.8, 4) is 0 Å². The van der Waals surface area contributed by atoms with Crippen molar-refractivity contribution in [3.05, 3.63) is 79.9 Å². The molecule has 1 atom stereocenters. The molecule has 4 nitrogen and oxygen atoms in total. The van der Waals surface area contributed by atoms with Crippen molar-refractivity contribution in [2.45, 2.75) is 12.6 Å². The van der Waals surface area contributed by atoms with Crippen molar-refractivity contribution in [1.82, 2.24) is 4.90 Å². The molecule has 158 valence electrons. The average molecular weight is 507 g/mol. The minimum atomic E-state index is -0.547. The van der Waals surface area contributed by atoms with Crippen LogP contribution in [0.1, 0.15) is 16.7 Å². The zero-order valence-corrected chi connectivity index (χ0v) is 19.8. The van der Waals surface area contributed by atoms with E-state index in [0.29, 0.717) is 0 Å². The van der Waals surface area contributed by atoms with E-state index in [1.165, 1.54) is 11.3 Å². The van der Waals surface area contributed by atoms with Gasteiger partial charge in [-0.25, -0.2) is 0 Å². The van der Waals surface area contributed by atoms with Crippen molar-refractivity contribution in [2.24, 2.45) is 0 Å². The summed E-state index contributed by atoms with van der Waals surface area (Å²) in [5.74, 6) is 0. The molecule has 0 bridgehead atoms. The molecule has 1 fully saturated rings. The number of nitrogens with zero attached hydrogens (tertiary/aromatic N) is 2. The van der Waals surface area contributed by atoms with Gasteiger partial charge in [-0.05, 0) is 63.6 Å². The van der Waals surface area contributed by atoms with Crippen molar-refractivity contribution >= 4 is 50.2 Å². The van der Waals surface area contributed by atoms with Crippen LogP contribution in [0.4, 0.5) is 11.4 Å². The minimum absolute atomic E-state index is 0.547. The Hall–Kier alpha value is -1.57. The van der Waals surface area contributed by atoms with Gasteiger partial charge in [0, 0.05) is 42.2 Å².